The molecule has 3 aromatic rings. The number of rotatable bonds is 4. The van der Waals surface area contributed by atoms with E-state index < -0.39 is 0 Å². The standard InChI is InChI=1S/C17H18N6O/c18-10-1-5-12(6-2-10)21-15-9-14(20)17(24)23-16(15)22-13-7-3-11(19)4-8-13/h1-9,21H,18-20H2,(H2,22,23,24). The Morgan fingerprint density at radius 3 is 1.79 bits per heavy atom. The monoisotopic (exact) mass is 322 g/mol. The lowest BCUT2D eigenvalue weighted by Crippen LogP contribution is -2.15. The van der Waals surface area contributed by atoms with Crippen LogP contribution in [0.25, 0.3) is 0 Å². The quantitative estimate of drug-likeness (QED) is 0.409. The van der Waals surface area contributed by atoms with E-state index in [-0.39, 0.29) is 11.2 Å². The first kappa shape index (κ1) is 15.3. The van der Waals surface area contributed by atoms with E-state index in [0.717, 1.165) is 11.4 Å². The summed E-state index contributed by atoms with van der Waals surface area (Å²) in [5.74, 6) is 0.496. The molecule has 1 aromatic heterocycles. The summed E-state index contributed by atoms with van der Waals surface area (Å²) < 4.78 is 0. The van der Waals surface area contributed by atoms with Gasteiger partial charge in [0.1, 0.15) is 5.82 Å². The predicted octanol–water partition coefficient (Wildman–Crippen LogP) is 2.61. The lowest BCUT2D eigenvalue weighted by molar-refractivity contribution is 1.23. The van der Waals surface area contributed by atoms with Gasteiger partial charge in [0.05, 0.1) is 11.4 Å². The molecule has 9 N–H and O–H groups in total. The minimum Gasteiger partial charge on any atom is -0.399 e. The number of nitrogens with one attached hydrogen (secondary N) is 3. The van der Waals surface area contributed by atoms with Gasteiger partial charge in [0.2, 0.25) is 0 Å². The fourth-order valence-electron chi connectivity index (χ4n) is 2.18. The van der Waals surface area contributed by atoms with Crippen LogP contribution >= 0.6 is 0 Å². The van der Waals surface area contributed by atoms with Crippen LogP contribution in [-0.2, 0) is 0 Å². The fourth-order valence-corrected chi connectivity index (χ4v) is 2.18. The molecule has 0 bridgehead atoms. The van der Waals surface area contributed by atoms with Gasteiger partial charge >= 0.3 is 0 Å². The zero-order chi connectivity index (χ0) is 17.1. The number of aromatic nitrogens is 1. The summed E-state index contributed by atoms with van der Waals surface area (Å²) in [5, 5.41) is 6.35. The molecule has 24 heavy (non-hydrogen) atoms. The summed E-state index contributed by atoms with van der Waals surface area (Å²) in [6.45, 7) is 0. The Morgan fingerprint density at radius 2 is 1.25 bits per heavy atom. The second-order valence-corrected chi connectivity index (χ2v) is 5.34. The molecule has 0 unspecified atom stereocenters. The molecule has 1 heterocycles. The van der Waals surface area contributed by atoms with Gasteiger partial charge in [0.25, 0.3) is 5.56 Å². The first-order chi connectivity index (χ1) is 11.5. The maximum absolute atomic E-state index is 11.8. The molecule has 7 nitrogen and oxygen atoms in total. The molecule has 122 valence electrons. The van der Waals surface area contributed by atoms with Crippen LogP contribution in [0.1, 0.15) is 0 Å². The number of nitrogens with two attached hydrogens (primary N) is 3. The maximum atomic E-state index is 11.8. The van der Waals surface area contributed by atoms with Gasteiger partial charge in [0.15, 0.2) is 0 Å². The molecule has 7 heteroatoms. The second kappa shape index (κ2) is 6.25. The van der Waals surface area contributed by atoms with E-state index in [0.29, 0.717) is 22.9 Å². The van der Waals surface area contributed by atoms with E-state index in [2.05, 4.69) is 15.6 Å². The molecule has 0 amide bonds. The third-order valence-corrected chi connectivity index (χ3v) is 3.44. The van der Waals surface area contributed by atoms with Gasteiger partial charge in [-0.2, -0.15) is 0 Å². The molecule has 0 saturated carbocycles. The number of pyridine rings is 1. The molecular weight excluding hydrogens is 304 g/mol. The van der Waals surface area contributed by atoms with Crippen LogP contribution in [0.15, 0.2) is 59.4 Å². The van der Waals surface area contributed by atoms with Crippen LogP contribution in [0, 0.1) is 0 Å². The van der Waals surface area contributed by atoms with Crippen molar-refractivity contribution >= 4 is 39.9 Å². The first-order valence-electron chi connectivity index (χ1n) is 7.29. The number of aromatic amines is 1. The molecule has 0 radical (unpaired) electrons. The summed E-state index contributed by atoms with van der Waals surface area (Å²) in [7, 11) is 0. The first-order valence-corrected chi connectivity index (χ1v) is 7.29. The smallest absolute Gasteiger partial charge is 0.272 e. The van der Waals surface area contributed by atoms with Crippen LogP contribution in [0.3, 0.4) is 0 Å². The predicted molar refractivity (Wildman–Crippen MR) is 99.7 cm³/mol. The van der Waals surface area contributed by atoms with E-state index in [1.54, 1.807) is 30.3 Å². The average Bonchev–Trinajstić information content (AvgIpc) is 2.56. The Bertz CT molecular complexity index is 900. The molecule has 0 spiro atoms. The minimum atomic E-state index is -0.365. The van der Waals surface area contributed by atoms with Crippen molar-refractivity contribution in [1.29, 1.82) is 0 Å². The highest BCUT2D eigenvalue weighted by molar-refractivity contribution is 5.78. The number of hydrogen-bond donors (Lipinski definition) is 6. The van der Waals surface area contributed by atoms with E-state index in [1.807, 2.05) is 24.3 Å². The van der Waals surface area contributed by atoms with Gasteiger partial charge < -0.3 is 32.8 Å². The molecule has 0 fully saturated rings. The average molecular weight is 322 g/mol. The van der Waals surface area contributed by atoms with Crippen molar-refractivity contribution in [3.63, 3.8) is 0 Å². The Hall–Kier alpha value is -3.61. The van der Waals surface area contributed by atoms with Crippen molar-refractivity contribution in [3.8, 4) is 0 Å². The highest BCUT2D eigenvalue weighted by Crippen LogP contribution is 2.27. The molecule has 0 aliphatic carbocycles. The Balaban J connectivity index is 1.95. The van der Waals surface area contributed by atoms with Gasteiger partial charge in [-0.05, 0) is 54.6 Å². The molecule has 0 aliphatic heterocycles. The number of hydrogen-bond acceptors (Lipinski definition) is 6. The molecule has 0 atom stereocenters. The molecule has 3 rings (SSSR count). The third kappa shape index (κ3) is 3.41. The van der Waals surface area contributed by atoms with Crippen LogP contribution < -0.4 is 33.4 Å². The van der Waals surface area contributed by atoms with Crippen molar-refractivity contribution < 1.29 is 0 Å². The Kier molecular flexibility index (Phi) is 3.98. The van der Waals surface area contributed by atoms with E-state index in [4.69, 9.17) is 17.2 Å². The number of nitrogen functional groups attached to an aromatic ring is 3. The summed E-state index contributed by atoms with van der Waals surface area (Å²) >= 11 is 0. The van der Waals surface area contributed by atoms with E-state index >= 15 is 0 Å². The molecule has 2 aromatic carbocycles. The van der Waals surface area contributed by atoms with Crippen molar-refractivity contribution in [2.45, 2.75) is 0 Å². The summed E-state index contributed by atoms with van der Waals surface area (Å²) in [5.41, 5.74) is 20.4. The van der Waals surface area contributed by atoms with Crippen LogP contribution in [0.4, 0.5) is 39.9 Å². The van der Waals surface area contributed by atoms with Gasteiger partial charge in [-0.1, -0.05) is 0 Å². The normalized spacial score (nSPS) is 10.3. The molecule has 0 saturated heterocycles. The Morgan fingerprint density at radius 1 is 0.750 bits per heavy atom. The maximum Gasteiger partial charge on any atom is 0.272 e. The van der Waals surface area contributed by atoms with Crippen LogP contribution in [0.2, 0.25) is 0 Å². The Labute approximate surface area is 138 Å². The lowest BCUT2D eigenvalue weighted by atomic mass is 10.2. The van der Waals surface area contributed by atoms with Crippen LogP contribution in [-0.4, -0.2) is 4.98 Å². The zero-order valence-corrected chi connectivity index (χ0v) is 12.8. The van der Waals surface area contributed by atoms with E-state index in [1.165, 1.54) is 0 Å². The number of benzene rings is 2. The second-order valence-electron chi connectivity index (χ2n) is 5.34. The van der Waals surface area contributed by atoms with Gasteiger partial charge in [-0.3, -0.25) is 4.79 Å². The largest absolute Gasteiger partial charge is 0.399 e. The summed E-state index contributed by atoms with van der Waals surface area (Å²) in [6, 6.07) is 16.0. The van der Waals surface area contributed by atoms with Crippen LogP contribution in [0.5, 0.6) is 0 Å². The number of H-pyrrole nitrogens is 1. The van der Waals surface area contributed by atoms with Crippen molar-refractivity contribution in [2.75, 3.05) is 27.8 Å². The molecular formula is C17H18N6O. The highest BCUT2D eigenvalue weighted by Gasteiger charge is 2.08. The van der Waals surface area contributed by atoms with Crippen molar-refractivity contribution in [3.05, 3.63) is 65.0 Å². The highest BCUT2D eigenvalue weighted by atomic mass is 16.1. The van der Waals surface area contributed by atoms with E-state index in [9.17, 15) is 4.79 Å². The topological polar surface area (TPSA) is 135 Å². The van der Waals surface area contributed by atoms with Gasteiger partial charge in [0, 0.05) is 22.7 Å². The summed E-state index contributed by atoms with van der Waals surface area (Å²) in [4.78, 5) is 14.6. The fraction of sp³-hybridized carbons (Fsp3) is 0. The number of anilines is 7. The van der Waals surface area contributed by atoms with Crippen molar-refractivity contribution in [1.82, 2.24) is 4.98 Å². The van der Waals surface area contributed by atoms with Gasteiger partial charge in [-0.15, -0.1) is 0 Å². The lowest BCUT2D eigenvalue weighted by Gasteiger charge is -2.14. The summed E-state index contributed by atoms with van der Waals surface area (Å²) in [6.07, 6.45) is 0. The third-order valence-electron chi connectivity index (χ3n) is 3.44. The molecule has 0 aliphatic rings. The van der Waals surface area contributed by atoms with Gasteiger partial charge in [-0.25, -0.2) is 0 Å². The zero-order valence-electron chi connectivity index (χ0n) is 12.8. The SMILES string of the molecule is Nc1ccc(Nc2cc(N)c(=O)[nH]c2Nc2ccc(N)cc2)cc1. The minimum absolute atomic E-state index is 0.121. The van der Waals surface area contributed by atoms with Crippen molar-refractivity contribution in [2.24, 2.45) is 0 Å².